The summed E-state index contributed by atoms with van der Waals surface area (Å²) in [4.78, 5) is 19.4. The third-order valence-corrected chi connectivity index (χ3v) is 11.6. The number of rotatable bonds is 6. The van der Waals surface area contributed by atoms with Gasteiger partial charge >= 0.3 is 0 Å². The van der Waals surface area contributed by atoms with Crippen molar-refractivity contribution in [2.24, 2.45) is 0 Å². The fourth-order valence-corrected chi connectivity index (χ4v) is 9.08. The van der Waals surface area contributed by atoms with Crippen LogP contribution in [0.4, 0.5) is 0 Å². The quantitative estimate of drug-likeness (QED) is 0.171. The first kappa shape index (κ1) is 32.8. The van der Waals surface area contributed by atoms with Crippen LogP contribution in [0.3, 0.4) is 0 Å². The first-order valence-electron chi connectivity index (χ1n) is 19.3. The zero-order valence-corrected chi connectivity index (χ0v) is 30.9. The standard InChI is InChI=1S/C53H34N4/c1-3-11-35(12-4-1)37-19-25-56-51(29-37)47-31-41(27-39-33-54-23-21-43(39)47)53(49-17-9-7-15-45(49)46-16-8-10-18-50(46)53)42-28-40-34-55-24-22-44(40)48(32-42)52-30-38(20-26-57-52)36-13-5-2-6-14-36/h1-34H. The Hall–Kier alpha value is -7.56. The minimum atomic E-state index is -0.709. The third kappa shape index (κ3) is 5.30. The maximum Gasteiger partial charge on any atom is 0.0714 e. The van der Waals surface area contributed by atoms with Crippen molar-refractivity contribution in [2.45, 2.75) is 5.41 Å². The zero-order chi connectivity index (χ0) is 37.8. The molecule has 4 heterocycles. The van der Waals surface area contributed by atoms with Gasteiger partial charge in [-0.1, -0.05) is 109 Å². The predicted octanol–water partition coefficient (Wildman–Crippen LogP) is 12.6. The number of fused-ring (bicyclic) bond motifs is 5. The van der Waals surface area contributed by atoms with Crippen LogP contribution in [0.15, 0.2) is 207 Å². The van der Waals surface area contributed by atoms with Gasteiger partial charge in [0.1, 0.15) is 0 Å². The maximum absolute atomic E-state index is 5.03. The van der Waals surface area contributed by atoms with E-state index in [1.807, 2.05) is 37.2 Å². The lowest BCUT2D eigenvalue weighted by molar-refractivity contribution is 0.771. The maximum atomic E-state index is 5.03. The van der Waals surface area contributed by atoms with Crippen molar-refractivity contribution in [1.29, 1.82) is 0 Å². The normalized spacial score (nSPS) is 12.7. The van der Waals surface area contributed by atoms with Gasteiger partial charge in [-0.05, 0) is 127 Å². The zero-order valence-electron chi connectivity index (χ0n) is 30.9. The van der Waals surface area contributed by atoms with Gasteiger partial charge in [-0.2, -0.15) is 0 Å². The van der Waals surface area contributed by atoms with Gasteiger partial charge in [0.05, 0.1) is 16.8 Å². The van der Waals surface area contributed by atoms with Crippen LogP contribution in [0.1, 0.15) is 22.3 Å². The van der Waals surface area contributed by atoms with Gasteiger partial charge in [-0.3, -0.25) is 19.9 Å². The fourth-order valence-electron chi connectivity index (χ4n) is 9.08. The Balaban J connectivity index is 1.23. The molecule has 4 nitrogen and oxygen atoms in total. The van der Waals surface area contributed by atoms with E-state index in [0.29, 0.717) is 0 Å². The van der Waals surface area contributed by atoms with Crippen LogP contribution >= 0.6 is 0 Å². The van der Waals surface area contributed by atoms with Crippen LogP contribution in [0, 0.1) is 0 Å². The van der Waals surface area contributed by atoms with Gasteiger partial charge in [-0.25, -0.2) is 0 Å². The summed E-state index contributed by atoms with van der Waals surface area (Å²) in [7, 11) is 0. The molecule has 0 radical (unpaired) electrons. The van der Waals surface area contributed by atoms with Gasteiger partial charge in [0.25, 0.3) is 0 Å². The van der Waals surface area contributed by atoms with E-state index in [2.05, 4.69) is 180 Å². The summed E-state index contributed by atoms with van der Waals surface area (Å²) in [6.07, 6.45) is 11.6. The van der Waals surface area contributed by atoms with Gasteiger partial charge in [0, 0.05) is 59.1 Å². The summed E-state index contributed by atoms with van der Waals surface area (Å²) in [6.45, 7) is 0. The Bertz CT molecular complexity index is 2920. The molecule has 266 valence electrons. The van der Waals surface area contributed by atoms with Crippen molar-refractivity contribution < 1.29 is 0 Å². The minimum absolute atomic E-state index is 0.709. The summed E-state index contributed by atoms with van der Waals surface area (Å²) in [5, 5.41) is 4.31. The molecule has 57 heavy (non-hydrogen) atoms. The average Bonchev–Trinajstić information content (AvgIpc) is 3.60. The second kappa shape index (κ2) is 13.3. The van der Waals surface area contributed by atoms with Crippen molar-refractivity contribution >= 4 is 21.5 Å². The third-order valence-electron chi connectivity index (χ3n) is 11.6. The number of hydrogen-bond acceptors (Lipinski definition) is 4. The molecule has 0 saturated heterocycles. The van der Waals surface area contributed by atoms with E-state index < -0.39 is 5.41 Å². The van der Waals surface area contributed by atoms with Crippen LogP contribution in [-0.2, 0) is 5.41 Å². The molecule has 0 fully saturated rings. The molecule has 1 aliphatic rings. The number of hydrogen-bond donors (Lipinski definition) is 0. The number of aromatic nitrogens is 4. The smallest absolute Gasteiger partial charge is 0.0714 e. The highest BCUT2D eigenvalue weighted by atomic mass is 14.7. The van der Waals surface area contributed by atoms with Crippen LogP contribution in [0.2, 0.25) is 0 Å². The Morgan fingerprint density at radius 1 is 0.333 bits per heavy atom. The Labute approximate surface area is 330 Å². The summed E-state index contributed by atoms with van der Waals surface area (Å²) in [5.74, 6) is 0. The van der Waals surface area contributed by atoms with E-state index in [4.69, 9.17) is 9.97 Å². The molecule has 0 saturated carbocycles. The van der Waals surface area contributed by atoms with Crippen LogP contribution < -0.4 is 0 Å². The second-order valence-electron chi connectivity index (χ2n) is 14.7. The molecule has 0 bridgehead atoms. The molecular formula is C53H34N4. The molecule has 0 N–H and O–H groups in total. The average molecular weight is 727 g/mol. The van der Waals surface area contributed by atoms with Gasteiger partial charge in [0.15, 0.2) is 0 Å². The lowest BCUT2D eigenvalue weighted by Gasteiger charge is -2.35. The molecule has 4 heteroatoms. The summed E-state index contributed by atoms with van der Waals surface area (Å²) in [6, 6.07) is 61.0. The first-order chi connectivity index (χ1) is 28.3. The van der Waals surface area contributed by atoms with E-state index in [-0.39, 0.29) is 0 Å². The molecule has 0 aliphatic heterocycles. The topological polar surface area (TPSA) is 51.6 Å². The number of benzene rings is 6. The Kier molecular flexibility index (Phi) is 7.68. The van der Waals surface area contributed by atoms with Crippen LogP contribution in [0.25, 0.3) is 77.4 Å². The van der Waals surface area contributed by atoms with E-state index in [0.717, 1.165) is 77.4 Å². The molecule has 11 rings (SSSR count). The van der Waals surface area contributed by atoms with E-state index in [9.17, 15) is 0 Å². The fraction of sp³-hybridized carbons (Fsp3) is 0.0189. The molecule has 0 unspecified atom stereocenters. The molecular weight excluding hydrogens is 693 g/mol. The van der Waals surface area contributed by atoms with Crippen molar-refractivity contribution in [1.82, 2.24) is 19.9 Å². The van der Waals surface area contributed by atoms with Gasteiger partial charge in [0.2, 0.25) is 0 Å². The molecule has 0 spiro atoms. The van der Waals surface area contributed by atoms with Crippen molar-refractivity contribution in [2.75, 3.05) is 0 Å². The second-order valence-corrected chi connectivity index (χ2v) is 14.7. The van der Waals surface area contributed by atoms with E-state index in [1.54, 1.807) is 0 Å². The molecule has 0 atom stereocenters. The largest absolute Gasteiger partial charge is 0.264 e. The van der Waals surface area contributed by atoms with Crippen molar-refractivity contribution in [3.63, 3.8) is 0 Å². The molecule has 4 aromatic heterocycles. The number of nitrogens with zero attached hydrogens (tertiary/aromatic N) is 4. The summed E-state index contributed by atoms with van der Waals surface area (Å²) >= 11 is 0. The van der Waals surface area contributed by atoms with Crippen molar-refractivity contribution in [3.8, 4) is 55.9 Å². The minimum Gasteiger partial charge on any atom is -0.264 e. The molecule has 10 aromatic rings. The van der Waals surface area contributed by atoms with Crippen LogP contribution in [0.5, 0.6) is 0 Å². The SMILES string of the molecule is c1ccc(-c2ccnc(-c3cc(C4(c5cc(-c6cc(-c7ccccc7)ccn6)c6ccncc6c5)c5ccccc5-c5ccccc54)cc4cnccc34)c2)cc1. The van der Waals surface area contributed by atoms with Gasteiger partial charge in [-0.15, -0.1) is 0 Å². The Morgan fingerprint density at radius 3 is 1.25 bits per heavy atom. The summed E-state index contributed by atoms with van der Waals surface area (Å²) in [5.41, 5.74) is 15.0. The highest BCUT2D eigenvalue weighted by Gasteiger charge is 2.46. The lowest BCUT2D eigenvalue weighted by atomic mass is 9.66. The Morgan fingerprint density at radius 2 is 0.772 bits per heavy atom. The monoisotopic (exact) mass is 726 g/mol. The van der Waals surface area contributed by atoms with Crippen LogP contribution in [-0.4, -0.2) is 19.9 Å². The van der Waals surface area contributed by atoms with E-state index >= 15 is 0 Å². The summed E-state index contributed by atoms with van der Waals surface area (Å²) < 4.78 is 0. The highest BCUT2D eigenvalue weighted by molar-refractivity contribution is 6.01. The molecule has 1 aliphatic carbocycles. The lowest BCUT2D eigenvalue weighted by Crippen LogP contribution is -2.29. The highest BCUT2D eigenvalue weighted by Crippen LogP contribution is 2.57. The van der Waals surface area contributed by atoms with Gasteiger partial charge < -0.3 is 0 Å². The number of pyridine rings is 4. The first-order valence-corrected chi connectivity index (χ1v) is 19.3. The van der Waals surface area contributed by atoms with E-state index in [1.165, 1.54) is 22.3 Å². The molecule has 6 aromatic carbocycles. The van der Waals surface area contributed by atoms with Crippen molar-refractivity contribution in [3.05, 3.63) is 229 Å². The molecule has 0 amide bonds. The predicted molar refractivity (Wildman–Crippen MR) is 232 cm³/mol.